The molecule has 1 aromatic carbocycles. The number of nitrogens with zero attached hydrogens (tertiary/aromatic N) is 1. The smallest absolute Gasteiger partial charge is 0.328 e. The first-order chi connectivity index (χ1) is 7.63. The van der Waals surface area contributed by atoms with Gasteiger partial charge in [0.05, 0.1) is 7.11 Å². The van der Waals surface area contributed by atoms with Crippen molar-refractivity contribution in [1.82, 2.24) is 0 Å². The summed E-state index contributed by atoms with van der Waals surface area (Å²) in [5, 5.41) is 9.39. The number of phenolic OH excluding ortho intramolecular Hbond substituents is 1. The quantitative estimate of drug-likeness (QED) is 0.726. The van der Waals surface area contributed by atoms with Crippen LogP contribution in [0.5, 0.6) is 5.75 Å². The van der Waals surface area contributed by atoms with Crippen molar-refractivity contribution in [3.05, 3.63) is 23.8 Å². The Kier molecular flexibility index (Phi) is 2.73. The Morgan fingerprint density at radius 2 is 2.31 bits per heavy atom. The molecule has 1 unspecified atom stereocenters. The van der Waals surface area contributed by atoms with E-state index in [-0.39, 0.29) is 17.8 Å². The maximum atomic E-state index is 11.5. The number of fused-ring (bicyclic) bond motifs is 1. The van der Waals surface area contributed by atoms with Crippen molar-refractivity contribution in [3.63, 3.8) is 0 Å². The minimum Gasteiger partial charge on any atom is -0.508 e. The van der Waals surface area contributed by atoms with E-state index in [2.05, 4.69) is 0 Å². The summed E-state index contributed by atoms with van der Waals surface area (Å²) in [5.74, 6) is 0.0601. The van der Waals surface area contributed by atoms with Gasteiger partial charge in [0, 0.05) is 12.7 Å². The van der Waals surface area contributed by atoms with Gasteiger partial charge in [-0.3, -0.25) is 0 Å². The number of phenols is 1. The average Bonchev–Trinajstić information content (AvgIpc) is 2.28. The lowest BCUT2D eigenvalue weighted by Crippen LogP contribution is -2.42. The van der Waals surface area contributed by atoms with E-state index in [1.807, 2.05) is 18.0 Å². The van der Waals surface area contributed by atoms with Crippen LogP contribution in [0.3, 0.4) is 0 Å². The molecule has 0 saturated heterocycles. The highest BCUT2D eigenvalue weighted by molar-refractivity contribution is 5.81. The number of methoxy groups -OCH3 is 1. The first kappa shape index (κ1) is 10.8. The molecule has 0 bridgehead atoms. The minimum absolute atomic E-state index is 0.207. The molecule has 4 nitrogen and oxygen atoms in total. The van der Waals surface area contributed by atoms with Crippen molar-refractivity contribution >= 4 is 11.7 Å². The van der Waals surface area contributed by atoms with Crippen molar-refractivity contribution in [2.45, 2.75) is 18.9 Å². The SMILES string of the molecule is COC(=O)C1CCc2cc(O)ccc2N1C. The lowest BCUT2D eigenvalue weighted by Gasteiger charge is -2.34. The van der Waals surface area contributed by atoms with E-state index in [0.717, 1.165) is 24.1 Å². The van der Waals surface area contributed by atoms with Gasteiger partial charge in [-0.25, -0.2) is 4.79 Å². The topological polar surface area (TPSA) is 49.8 Å². The normalized spacial score (nSPS) is 19.1. The van der Waals surface area contributed by atoms with Crippen LogP contribution in [0.2, 0.25) is 0 Å². The highest BCUT2D eigenvalue weighted by Gasteiger charge is 2.29. The van der Waals surface area contributed by atoms with Crippen LogP contribution in [-0.4, -0.2) is 31.3 Å². The summed E-state index contributed by atoms with van der Waals surface area (Å²) < 4.78 is 4.77. The number of aryl methyl sites for hydroxylation is 1. The molecule has 0 saturated carbocycles. The Balaban J connectivity index is 2.32. The number of aromatic hydroxyl groups is 1. The van der Waals surface area contributed by atoms with Gasteiger partial charge in [-0.2, -0.15) is 0 Å². The number of hydrogen-bond donors (Lipinski definition) is 1. The monoisotopic (exact) mass is 221 g/mol. The maximum absolute atomic E-state index is 11.5. The molecule has 1 atom stereocenters. The van der Waals surface area contributed by atoms with Crippen molar-refractivity contribution in [2.24, 2.45) is 0 Å². The summed E-state index contributed by atoms with van der Waals surface area (Å²) in [6.07, 6.45) is 1.51. The molecule has 4 heteroatoms. The summed E-state index contributed by atoms with van der Waals surface area (Å²) >= 11 is 0. The molecular formula is C12H15NO3. The van der Waals surface area contributed by atoms with Crippen LogP contribution in [0.25, 0.3) is 0 Å². The molecule has 1 heterocycles. The zero-order chi connectivity index (χ0) is 11.7. The summed E-state index contributed by atoms with van der Waals surface area (Å²) in [6.45, 7) is 0. The molecular weight excluding hydrogens is 206 g/mol. The number of ether oxygens (including phenoxy) is 1. The van der Waals surface area contributed by atoms with Crippen LogP contribution in [0, 0.1) is 0 Å². The Hall–Kier alpha value is -1.71. The van der Waals surface area contributed by atoms with Gasteiger partial charge in [0.15, 0.2) is 0 Å². The van der Waals surface area contributed by atoms with Crippen LogP contribution in [-0.2, 0) is 16.0 Å². The number of anilines is 1. The summed E-state index contributed by atoms with van der Waals surface area (Å²) in [5.41, 5.74) is 2.06. The lowest BCUT2D eigenvalue weighted by molar-refractivity contribution is -0.142. The molecule has 16 heavy (non-hydrogen) atoms. The third-order valence-corrected chi connectivity index (χ3v) is 3.07. The fraction of sp³-hybridized carbons (Fsp3) is 0.417. The van der Waals surface area contributed by atoms with Crippen LogP contribution in [0.1, 0.15) is 12.0 Å². The number of benzene rings is 1. The molecule has 0 fully saturated rings. The van der Waals surface area contributed by atoms with Gasteiger partial charge < -0.3 is 14.7 Å². The first-order valence-electron chi connectivity index (χ1n) is 5.26. The Morgan fingerprint density at radius 3 is 3.00 bits per heavy atom. The Bertz CT molecular complexity index is 417. The molecule has 86 valence electrons. The molecule has 1 N–H and O–H groups in total. The molecule has 1 aromatic rings. The molecule has 0 aromatic heterocycles. The largest absolute Gasteiger partial charge is 0.508 e. The Morgan fingerprint density at radius 1 is 1.56 bits per heavy atom. The van der Waals surface area contributed by atoms with Gasteiger partial charge in [0.2, 0.25) is 0 Å². The van der Waals surface area contributed by atoms with E-state index in [1.165, 1.54) is 7.11 Å². The maximum Gasteiger partial charge on any atom is 0.328 e. The highest BCUT2D eigenvalue weighted by atomic mass is 16.5. The molecule has 0 radical (unpaired) electrons. The van der Waals surface area contributed by atoms with Gasteiger partial charge in [0.1, 0.15) is 11.8 Å². The third-order valence-electron chi connectivity index (χ3n) is 3.07. The second kappa shape index (κ2) is 4.04. The standard InChI is InChI=1S/C12H15NO3/c1-13-10-6-4-9(14)7-8(10)3-5-11(13)12(15)16-2/h4,6-7,11,14H,3,5H2,1-2H3. The molecule has 2 rings (SSSR count). The fourth-order valence-electron chi connectivity index (χ4n) is 2.18. The van der Waals surface area contributed by atoms with Gasteiger partial charge in [-0.1, -0.05) is 0 Å². The second-order valence-corrected chi connectivity index (χ2v) is 4.00. The predicted octanol–water partition coefficient (Wildman–Crippen LogP) is 1.32. The molecule has 1 aliphatic heterocycles. The number of esters is 1. The molecule has 0 spiro atoms. The average molecular weight is 221 g/mol. The van der Waals surface area contributed by atoms with E-state index in [4.69, 9.17) is 4.74 Å². The van der Waals surface area contributed by atoms with Crippen LogP contribution in [0.15, 0.2) is 18.2 Å². The first-order valence-corrected chi connectivity index (χ1v) is 5.26. The van der Waals surface area contributed by atoms with E-state index in [9.17, 15) is 9.90 Å². The Labute approximate surface area is 94.4 Å². The van der Waals surface area contributed by atoms with Crippen LogP contribution in [0.4, 0.5) is 5.69 Å². The fourth-order valence-corrected chi connectivity index (χ4v) is 2.18. The molecule has 0 aliphatic carbocycles. The summed E-state index contributed by atoms with van der Waals surface area (Å²) in [7, 11) is 3.28. The lowest BCUT2D eigenvalue weighted by atomic mass is 9.96. The number of rotatable bonds is 1. The van der Waals surface area contributed by atoms with E-state index in [1.54, 1.807) is 12.1 Å². The van der Waals surface area contributed by atoms with E-state index >= 15 is 0 Å². The number of hydrogen-bond acceptors (Lipinski definition) is 4. The van der Waals surface area contributed by atoms with E-state index in [0.29, 0.717) is 0 Å². The highest BCUT2D eigenvalue weighted by Crippen LogP contribution is 2.32. The van der Waals surface area contributed by atoms with Gasteiger partial charge in [-0.05, 0) is 36.6 Å². The van der Waals surface area contributed by atoms with Crippen LogP contribution >= 0.6 is 0 Å². The van der Waals surface area contributed by atoms with Gasteiger partial charge in [-0.15, -0.1) is 0 Å². The van der Waals surface area contributed by atoms with Gasteiger partial charge in [0.25, 0.3) is 0 Å². The molecule has 1 aliphatic rings. The van der Waals surface area contributed by atoms with E-state index < -0.39 is 0 Å². The third kappa shape index (κ3) is 1.71. The van der Waals surface area contributed by atoms with Crippen molar-refractivity contribution < 1.29 is 14.6 Å². The van der Waals surface area contributed by atoms with Crippen LogP contribution < -0.4 is 4.90 Å². The zero-order valence-corrected chi connectivity index (χ0v) is 9.43. The summed E-state index contributed by atoms with van der Waals surface area (Å²) in [4.78, 5) is 13.4. The van der Waals surface area contributed by atoms with Crippen molar-refractivity contribution in [3.8, 4) is 5.75 Å². The minimum atomic E-state index is -0.220. The number of likely N-dealkylation sites (N-methyl/N-ethyl adjacent to an activating group) is 1. The number of carbonyl (C=O) groups is 1. The molecule has 0 amide bonds. The van der Waals surface area contributed by atoms with Crippen molar-refractivity contribution in [2.75, 3.05) is 19.1 Å². The van der Waals surface area contributed by atoms with Crippen molar-refractivity contribution in [1.29, 1.82) is 0 Å². The predicted molar refractivity (Wildman–Crippen MR) is 60.6 cm³/mol. The number of carbonyl (C=O) groups excluding carboxylic acids is 1. The second-order valence-electron chi connectivity index (χ2n) is 4.00. The summed E-state index contributed by atoms with van der Waals surface area (Å²) in [6, 6.07) is 5.00. The van der Waals surface area contributed by atoms with Gasteiger partial charge >= 0.3 is 5.97 Å². The zero-order valence-electron chi connectivity index (χ0n) is 9.43.